The van der Waals surface area contributed by atoms with Gasteiger partial charge in [0.25, 0.3) is 0 Å². The monoisotopic (exact) mass is 371 g/mol. The number of carboxylic acid groups (broad SMARTS) is 1. The van der Waals surface area contributed by atoms with Crippen molar-refractivity contribution in [3.05, 3.63) is 34.7 Å². The molecule has 2 aromatic rings. The molecule has 1 aromatic carbocycles. The van der Waals surface area contributed by atoms with Crippen molar-refractivity contribution in [1.29, 1.82) is 5.26 Å². The Kier molecular flexibility index (Phi) is 5.21. The van der Waals surface area contributed by atoms with E-state index in [9.17, 15) is 20.0 Å². The van der Waals surface area contributed by atoms with Crippen molar-refractivity contribution in [2.75, 3.05) is 36.5 Å². The Morgan fingerprint density at radius 3 is 2.69 bits per heavy atom. The highest BCUT2D eigenvalue weighted by Gasteiger charge is 2.27. The summed E-state index contributed by atoms with van der Waals surface area (Å²) < 4.78 is 5.34. The van der Waals surface area contributed by atoms with Gasteiger partial charge >= 0.3 is 5.97 Å². The predicted octanol–water partition coefficient (Wildman–Crippen LogP) is 2.78. The topological polar surface area (TPSA) is 103 Å². The van der Waals surface area contributed by atoms with Gasteiger partial charge in [0.2, 0.25) is 5.91 Å². The Morgan fingerprint density at radius 1 is 1.35 bits per heavy atom. The van der Waals surface area contributed by atoms with Crippen LogP contribution in [0.2, 0.25) is 0 Å². The molecular formula is C18H17N3O4S. The maximum atomic E-state index is 11.8. The fourth-order valence-corrected chi connectivity index (χ4v) is 4.06. The second-order valence-electron chi connectivity index (χ2n) is 5.76. The lowest BCUT2D eigenvalue weighted by Gasteiger charge is -2.27. The van der Waals surface area contributed by atoms with E-state index >= 15 is 0 Å². The Morgan fingerprint density at radius 2 is 2.08 bits per heavy atom. The molecule has 0 bridgehead atoms. The third-order valence-electron chi connectivity index (χ3n) is 3.97. The summed E-state index contributed by atoms with van der Waals surface area (Å²) in [4.78, 5) is 25.2. The number of anilines is 2. The maximum absolute atomic E-state index is 11.8. The zero-order valence-electron chi connectivity index (χ0n) is 14.1. The van der Waals surface area contributed by atoms with Gasteiger partial charge in [-0.05, 0) is 17.7 Å². The summed E-state index contributed by atoms with van der Waals surface area (Å²) >= 11 is 1.10. The average molecular weight is 371 g/mol. The summed E-state index contributed by atoms with van der Waals surface area (Å²) in [6.07, 6.45) is 0. The molecule has 0 saturated carbocycles. The highest BCUT2D eigenvalue weighted by Crippen LogP contribution is 2.42. The summed E-state index contributed by atoms with van der Waals surface area (Å²) in [5, 5.41) is 22.7. The quantitative estimate of drug-likeness (QED) is 0.857. The second-order valence-corrected chi connectivity index (χ2v) is 6.76. The van der Waals surface area contributed by atoms with Crippen molar-refractivity contribution in [1.82, 2.24) is 0 Å². The van der Waals surface area contributed by atoms with Crippen molar-refractivity contribution in [2.24, 2.45) is 0 Å². The number of rotatable bonds is 4. The summed E-state index contributed by atoms with van der Waals surface area (Å²) in [7, 11) is 0. The van der Waals surface area contributed by atoms with Crippen LogP contribution in [0.3, 0.4) is 0 Å². The summed E-state index contributed by atoms with van der Waals surface area (Å²) in [5.74, 6) is -1.30. The van der Waals surface area contributed by atoms with Crippen LogP contribution in [0.25, 0.3) is 11.1 Å². The Bertz CT molecular complexity index is 894. The molecule has 0 spiro atoms. The van der Waals surface area contributed by atoms with Gasteiger partial charge in [-0.25, -0.2) is 4.79 Å². The fraction of sp³-hybridized carbons (Fsp3) is 0.278. The SMILES string of the molecule is CC(=O)Nc1cccc(-c2c(C(=O)O)sc(N3CCOCC3)c2C#N)c1. The van der Waals surface area contributed by atoms with E-state index in [0.29, 0.717) is 53.7 Å². The van der Waals surface area contributed by atoms with Gasteiger partial charge in [0.05, 0.1) is 18.8 Å². The van der Waals surface area contributed by atoms with Crippen LogP contribution in [0.15, 0.2) is 24.3 Å². The standard InChI is InChI=1S/C18H17N3O4S/c1-11(22)20-13-4-2-3-12(9-13)15-14(10-19)17(26-16(15)18(23)24)21-5-7-25-8-6-21/h2-4,9H,5-8H2,1H3,(H,20,22)(H,23,24). The van der Waals surface area contributed by atoms with Crippen LogP contribution >= 0.6 is 11.3 Å². The normalized spacial score (nSPS) is 13.9. The van der Waals surface area contributed by atoms with Crippen LogP contribution in [0, 0.1) is 11.3 Å². The van der Waals surface area contributed by atoms with E-state index in [2.05, 4.69) is 11.4 Å². The van der Waals surface area contributed by atoms with Crippen molar-refractivity contribution < 1.29 is 19.4 Å². The molecule has 1 amide bonds. The Hall–Kier alpha value is -2.89. The number of carbonyl (C=O) groups excluding carboxylic acids is 1. The molecule has 0 aliphatic carbocycles. The lowest BCUT2D eigenvalue weighted by molar-refractivity contribution is -0.114. The second kappa shape index (κ2) is 7.56. The zero-order valence-corrected chi connectivity index (χ0v) is 14.9. The van der Waals surface area contributed by atoms with Crippen LogP contribution < -0.4 is 10.2 Å². The molecule has 1 saturated heterocycles. The molecule has 0 radical (unpaired) electrons. The molecule has 0 unspecified atom stereocenters. The van der Waals surface area contributed by atoms with Gasteiger partial charge in [-0.1, -0.05) is 12.1 Å². The first-order valence-corrected chi connectivity index (χ1v) is 8.83. The number of thiophene rings is 1. The maximum Gasteiger partial charge on any atom is 0.346 e. The molecule has 2 heterocycles. The van der Waals surface area contributed by atoms with Gasteiger partial charge in [-0.3, -0.25) is 4.79 Å². The number of nitriles is 1. The number of ether oxygens (including phenoxy) is 1. The zero-order chi connectivity index (χ0) is 18.7. The van der Waals surface area contributed by atoms with Crippen LogP contribution in [-0.2, 0) is 9.53 Å². The predicted molar refractivity (Wildman–Crippen MR) is 98.8 cm³/mol. The smallest absolute Gasteiger partial charge is 0.346 e. The number of carbonyl (C=O) groups is 2. The number of benzene rings is 1. The lowest BCUT2D eigenvalue weighted by atomic mass is 10.0. The van der Waals surface area contributed by atoms with Gasteiger partial charge in [0.1, 0.15) is 15.9 Å². The summed E-state index contributed by atoms with van der Waals surface area (Å²) in [6.45, 7) is 3.70. The average Bonchev–Trinajstić information content (AvgIpc) is 3.02. The molecule has 1 aliphatic rings. The summed E-state index contributed by atoms with van der Waals surface area (Å²) in [5.41, 5.74) is 1.86. The van der Waals surface area contributed by atoms with E-state index in [0.717, 1.165) is 11.3 Å². The molecule has 7 nitrogen and oxygen atoms in total. The minimum absolute atomic E-state index is 0.114. The highest BCUT2D eigenvalue weighted by atomic mass is 32.1. The number of amides is 1. The number of nitrogens with one attached hydrogen (secondary N) is 1. The number of hydrogen-bond donors (Lipinski definition) is 2. The van der Waals surface area contributed by atoms with Gasteiger partial charge in [0.15, 0.2) is 0 Å². The lowest BCUT2D eigenvalue weighted by Crippen LogP contribution is -2.36. The van der Waals surface area contributed by atoms with Gasteiger partial charge in [0, 0.05) is 31.3 Å². The van der Waals surface area contributed by atoms with Crippen molar-refractivity contribution in [3.63, 3.8) is 0 Å². The first-order valence-electron chi connectivity index (χ1n) is 8.02. The Labute approximate surface area is 154 Å². The first kappa shape index (κ1) is 17.9. The number of aromatic carboxylic acids is 1. The van der Waals surface area contributed by atoms with E-state index in [1.165, 1.54) is 6.92 Å². The molecule has 2 N–H and O–H groups in total. The van der Waals surface area contributed by atoms with Crippen molar-refractivity contribution in [3.8, 4) is 17.2 Å². The van der Waals surface area contributed by atoms with E-state index in [1.54, 1.807) is 24.3 Å². The Balaban J connectivity index is 2.14. The van der Waals surface area contributed by atoms with Crippen LogP contribution in [0.4, 0.5) is 10.7 Å². The third kappa shape index (κ3) is 3.54. The van der Waals surface area contributed by atoms with Crippen molar-refractivity contribution in [2.45, 2.75) is 6.92 Å². The van der Waals surface area contributed by atoms with E-state index in [4.69, 9.17) is 4.74 Å². The third-order valence-corrected chi connectivity index (χ3v) is 5.20. The molecule has 1 aliphatic heterocycles. The molecule has 8 heteroatoms. The van der Waals surface area contributed by atoms with Gasteiger partial charge in [-0.2, -0.15) is 5.26 Å². The molecule has 1 fully saturated rings. The van der Waals surface area contributed by atoms with Crippen LogP contribution in [0.5, 0.6) is 0 Å². The van der Waals surface area contributed by atoms with E-state index < -0.39 is 5.97 Å². The van der Waals surface area contributed by atoms with Gasteiger partial charge < -0.3 is 20.1 Å². The molecule has 134 valence electrons. The van der Waals surface area contributed by atoms with Gasteiger partial charge in [-0.15, -0.1) is 11.3 Å². The molecular weight excluding hydrogens is 354 g/mol. The number of carboxylic acids is 1. The number of hydrogen-bond acceptors (Lipinski definition) is 6. The van der Waals surface area contributed by atoms with Crippen molar-refractivity contribution >= 4 is 33.9 Å². The van der Waals surface area contributed by atoms with Crippen LogP contribution in [0.1, 0.15) is 22.2 Å². The largest absolute Gasteiger partial charge is 0.477 e. The molecule has 1 aromatic heterocycles. The highest BCUT2D eigenvalue weighted by molar-refractivity contribution is 7.18. The number of nitrogens with zero attached hydrogens (tertiary/aromatic N) is 2. The molecule has 26 heavy (non-hydrogen) atoms. The number of morpholine rings is 1. The van der Waals surface area contributed by atoms with E-state index in [-0.39, 0.29) is 10.8 Å². The summed E-state index contributed by atoms with van der Waals surface area (Å²) in [6, 6.07) is 9.03. The molecule has 3 rings (SSSR count). The molecule has 0 atom stereocenters. The minimum atomic E-state index is -1.08. The first-order chi connectivity index (χ1) is 12.5. The minimum Gasteiger partial charge on any atom is -0.477 e. The van der Waals surface area contributed by atoms with E-state index in [1.807, 2.05) is 4.90 Å². The fourth-order valence-electron chi connectivity index (χ4n) is 2.89. The van der Waals surface area contributed by atoms with Crippen LogP contribution in [-0.4, -0.2) is 43.3 Å².